The molecule has 5 nitrogen and oxygen atoms in total. The molecule has 0 atom stereocenters. The van der Waals surface area contributed by atoms with Crippen molar-refractivity contribution in [2.45, 2.75) is 11.1 Å². The zero-order valence-electron chi connectivity index (χ0n) is 14.7. The fourth-order valence-corrected chi connectivity index (χ4v) is 5.28. The number of carbonyl (C=O) groups is 1. The predicted molar refractivity (Wildman–Crippen MR) is 110 cm³/mol. The zero-order valence-corrected chi connectivity index (χ0v) is 17.1. The smallest absolute Gasteiger partial charge is 0.274 e. The van der Waals surface area contributed by atoms with E-state index in [2.05, 4.69) is 5.32 Å². The Hall–Kier alpha value is -2.42. The van der Waals surface area contributed by atoms with Crippen molar-refractivity contribution in [3.63, 3.8) is 0 Å². The Labute approximate surface area is 171 Å². The van der Waals surface area contributed by atoms with Crippen molar-refractivity contribution in [1.29, 1.82) is 0 Å². The van der Waals surface area contributed by atoms with Crippen LogP contribution in [0.5, 0.6) is 0 Å². The van der Waals surface area contributed by atoms with Crippen LogP contribution in [0.25, 0.3) is 0 Å². The van der Waals surface area contributed by atoms with Crippen molar-refractivity contribution in [1.82, 2.24) is 0 Å². The van der Waals surface area contributed by atoms with E-state index in [-0.39, 0.29) is 9.90 Å². The maximum Gasteiger partial charge on any atom is 0.274 e. The molecule has 0 aliphatic heterocycles. The van der Waals surface area contributed by atoms with E-state index in [4.69, 9.17) is 11.6 Å². The highest BCUT2D eigenvalue weighted by Crippen LogP contribution is 2.27. The number of amides is 1. The molecule has 0 saturated heterocycles. The van der Waals surface area contributed by atoms with Gasteiger partial charge in [-0.05, 0) is 66.4 Å². The maximum absolute atomic E-state index is 13.3. The number of benzene rings is 2. The van der Waals surface area contributed by atoms with Crippen molar-refractivity contribution in [3.8, 4) is 0 Å². The summed E-state index contributed by atoms with van der Waals surface area (Å²) in [7, 11) is -3.98. The lowest BCUT2D eigenvalue weighted by molar-refractivity contribution is -0.114. The van der Waals surface area contributed by atoms with E-state index in [1.165, 1.54) is 18.2 Å². The number of thiophene rings is 1. The van der Waals surface area contributed by atoms with Gasteiger partial charge in [-0.2, -0.15) is 0 Å². The molecule has 1 aromatic heterocycles. The molecule has 0 unspecified atom stereocenters. The number of hydrogen-bond acceptors (Lipinski definition) is 4. The van der Waals surface area contributed by atoms with Gasteiger partial charge in [-0.25, -0.2) is 12.8 Å². The minimum atomic E-state index is -3.98. The summed E-state index contributed by atoms with van der Waals surface area (Å²) >= 11 is 6.96. The summed E-state index contributed by atoms with van der Waals surface area (Å²) in [6.07, 6.45) is 0. The molecule has 0 radical (unpaired) electrons. The topological polar surface area (TPSA) is 66.5 Å². The molecule has 1 amide bonds. The lowest BCUT2D eigenvalue weighted by atomic mass is 10.2. The summed E-state index contributed by atoms with van der Waals surface area (Å²) in [6.45, 7) is 1.32. The monoisotopic (exact) mass is 438 g/mol. The molecule has 146 valence electrons. The van der Waals surface area contributed by atoms with Crippen molar-refractivity contribution in [3.05, 3.63) is 76.4 Å². The number of nitrogens with zero attached hydrogens (tertiary/aromatic N) is 1. The lowest BCUT2D eigenvalue weighted by Gasteiger charge is -2.23. The second-order valence-electron chi connectivity index (χ2n) is 5.93. The largest absolute Gasteiger partial charge is 0.324 e. The number of anilines is 2. The van der Waals surface area contributed by atoms with Crippen LogP contribution in [0.3, 0.4) is 0 Å². The van der Waals surface area contributed by atoms with Gasteiger partial charge >= 0.3 is 0 Å². The molecule has 0 bridgehead atoms. The van der Waals surface area contributed by atoms with E-state index >= 15 is 0 Å². The third-order valence-electron chi connectivity index (χ3n) is 3.90. The van der Waals surface area contributed by atoms with Crippen LogP contribution in [-0.2, 0) is 14.8 Å². The SMILES string of the molecule is Cc1cc(Cl)ccc1NC(=O)CN(c1ccc(F)cc1)S(=O)(=O)c1cccs1. The molecule has 0 spiro atoms. The molecule has 1 heterocycles. The summed E-state index contributed by atoms with van der Waals surface area (Å²) in [4.78, 5) is 12.6. The number of nitrogens with one attached hydrogen (secondary N) is 1. The van der Waals surface area contributed by atoms with Gasteiger partial charge in [0.1, 0.15) is 16.6 Å². The molecule has 3 rings (SSSR count). The Bertz CT molecular complexity index is 1080. The second kappa shape index (κ2) is 8.30. The highest BCUT2D eigenvalue weighted by Gasteiger charge is 2.28. The fraction of sp³-hybridized carbons (Fsp3) is 0.105. The summed E-state index contributed by atoms with van der Waals surface area (Å²) in [5.41, 5.74) is 1.47. The first-order valence-electron chi connectivity index (χ1n) is 8.15. The van der Waals surface area contributed by atoms with Crippen molar-refractivity contribution < 1.29 is 17.6 Å². The van der Waals surface area contributed by atoms with Gasteiger partial charge in [-0.1, -0.05) is 17.7 Å². The molecule has 1 N–H and O–H groups in total. The second-order valence-corrected chi connectivity index (χ2v) is 9.40. The maximum atomic E-state index is 13.3. The lowest BCUT2D eigenvalue weighted by Crippen LogP contribution is -2.38. The average Bonchev–Trinajstić information content (AvgIpc) is 3.18. The third kappa shape index (κ3) is 4.52. The van der Waals surface area contributed by atoms with Crippen LogP contribution in [0.4, 0.5) is 15.8 Å². The summed E-state index contributed by atoms with van der Waals surface area (Å²) < 4.78 is 40.4. The van der Waals surface area contributed by atoms with Gasteiger partial charge in [0.05, 0.1) is 5.69 Å². The van der Waals surface area contributed by atoms with Crippen LogP contribution in [0, 0.1) is 12.7 Å². The van der Waals surface area contributed by atoms with Gasteiger partial charge in [-0.15, -0.1) is 11.3 Å². The molecule has 2 aromatic carbocycles. The summed E-state index contributed by atoms with van der Waals surface area (Å²) in [5.74, 6) is -1.03. The van der Waals surface area contributed by atoms with E-state index in [0.29, 0.717) is 10.7 Å². The fourth-order valence-electron chi connectivity index (χ4n) is 2.53. The molecule has 0 aliphatic rings. The number of rotatable bonds is 6. The standard InChI is InChI=1S/C19H16ClFN2O3S2/c1-13-11-14(20)4-9-17(13)22-18(24)12-23(16-7-5-15(21)6-8-16)28(25,26)19-3-2-10-27-19/h2-11H,12H2,1H3,(H,22,24). The molecule has 0 saturated carbocycles. The molecule has 3 aromatic rings. The van der Waals surface area contributed by atoms with Gasteiger partial charge in [0.15, 0.2) is 0 Å². The number of hydrogen-bond donors (Lipinski definition) is 1. The van der Waals surface area contributed by atoms with E-state index in [9.17, 15) is 17.6 Å². The average molecular weight is 439 g/mol. The molecule has 0 fully saturated rings. The Balaban J connectivity index is 1.91. The Kier molecular flexibility index (Phi) is 6.02. The van der Waals surface area contributed by atoms with E-state index in [1.54, 1.807) is 36.6 Å². The highest BCUT2D eigenvalue weighted by atomic mass is 35.5. The number of carbonyl (C=O) groups excluding carboxylic acids is 1. The zero-order chi connectivity index (χ0) is 20.3. The van der Waals surface area contributed by atoms with Crippen LogP contribution < -0.4 is 9.62 Å². The van der Waals surface area contributed by atoms with Crippen molar-refractivity contribution >= 4 is 50.2 Å². The van der Waals surface area contributed by atoms with Crippen molar-refractivity contribution in [2.75, 3.05) is 16.2 Å². The van der Waals surface area contributed by atoms with E-state index in [1.807, 2.05) is 0 Å². The Morgan fingerprint density at radius 3 is 2.50 bits per heavy atom. The quantitative estimate of drug-likeness (QED) is 0.607. The van der Waals surface area contributed by atoms with Gasteiger partial charge in [0.2, 0.25) is 5.91 Å². The first-order valence-corrected chi connectivity index (χ1v) is 10.8. The van der Waals surface area contributed by atoms with Crippen LogP contribution in [0.15, 0.2) is 64.2 Å². The minimum Gasteiger partial charge on any atom is -0.324 e. The molecule has 28 heavy (non-hydrogen) atoms. The van der Waals surface area contributed by atoms with Gasteiger partial charge in [0.25, 0.3) is 10.0 Å². The Morgan fingerprint density at radius 2 is 1.89 bits per heavy atom. The molecular formula is C19H16ClFN2O3S2. The Morgan fingerprint density at radius 1 is 1.18 bits per heavy atom. The predicted octanol–water partition coefficient (Wildman–Crippen LogP) is 4.68. The van der Waals surface area contributed by atoms with E-state index < -0.39 is 28.3 Å². The molecule has 0 aliphatic carbocycles. The van der Waals surface area contributed by atoms with Crippen LogP contribution in [0.1, 0.15) is 5.56 Å². The van der Waals surface area contributed by atoms with Gasteiger partial charge in [-0.3, -0.25) is 9.10 Å². The normalized spacial score (nSPS) is 11.2. The molecular weight excluding hydrogens is 423 g/mol. The number of aryl methyl sites for hydroxylation is 1. The van der Waals surface area contributed by atoms with Crippen LogP contribution >= 0.6 is 22.9 Å². The molecule has 9 heteroatoms. The first-order chi connectivity index (χ1) is 13.3. The highest BCUT2D eigenvalue weighted by molar-refractivity contribution is 7.94. The van der Waals surface area contributed by atoms with E-state index in [0.717, 1.165) is 33.3 Å². The minimum absolute atomic E-state index is 0.0901. The van der Waals surface area contributed by atoms with Crippen LogP contribution in [-0.4, -0.2) is 20.9 Å². The number of sulfonamides is 1. The summed E-state index contributed by atoms with van der Waals surface area (Å²) in [5, 5.41) is 4.86. The van der Waals surface area contributed by atoms with Crippen molar-refractivity contribution in [2.24, 2.45) is 0 Å². The van der Waals surface area contributed by atoms with Gasteiger partial charge in [0, 0.05) is 10.7 Å². The van der Waals surface area contributed by atoms with Gasteiger partial charge < -0.3 is 5.32 Å². The third-order valence-corrected chi connectivity index (χ3v) is 7.29. The van der Waals surface area contributed by atoms with Crippen LogP contribution in [0.2, 0.25) is 5.02 Å². The number of halogens is 2. The first kappa shape index (κ1) is 20.3. The summed E-state index contributed by atoms with van der Waals surface area (Å²) in [6, 6.07) is 13.0.